The fraction of sp³-hybridized carbons (Fsp3) is 0.600. The third kappa shape index (κ3) is 3.61. The Morgan fingerprint density at radius 1 is 1.29 bits per heavy atom. The lowest BCUT2D eigenvalue weighted by Gasteiger charge is -2.21. The molecule has 2 aliphatic rings. The lowest BCUT2D eigenvalue weighted by molar-refractivity contribution is 0.0910. The molecule has 0 spiro atoms. The summed E-state index contributed by atoms with van der Waals surface area (Å²) in [4.78, 5) is 25.4. The van der Waals surface area contributed by atoms with Crippen LogP contribution in [-0.4, -0.2) is 39.5 Å². The Morgan fingerprint density at radius 2 is 2.14 bits per heavy atom. The van der Waals surface area contributed by atoms with Crippen molar-refractivity contribution < 1.29 is 14.0 Å². The van der Waals surface area contributed by atoms with E-state index in [-0.39, 0.29) is 17.7 Å². The Balaban J connectivity index is 1.61. The SMILES string of the molecule is CC(C)C[C@H](NC(=O)c1coc2c1C(=O)CCC2)c1nnc2n1CCNCC2. The normalized spacial score (nSPS) is 17.8. The summed E-state index contributed by atoms with van der Waals surface area (Å²) in [6, 6.07) is -0.268. The molecule has 0 saturated carbocycles. The summed E-state index contributed by atoms with van der Waals surface area (Å²) >= 11 is 0. The Labute approximate surface area is 164 Å². The van der Waals surface area contributed by atoms with Gasteiger partial charge < -0.3 is 19.6 Å². The van der Waals surface area contributed by atoms with Crippen molar-refractivity contribution in [2.45, 2.75) is 58.5 Å². The van der Waals surface area contributed by atoms with Crippen LogP contribution in [-0.2, 0) is 19.4 Å². The van der Waals surface area contributed by atoms with Crippen LogP contribution in [0.2, 0.25) is 0 Å². The summed E-state index contributed by atoms with van der Waals surface area (Å²) in [5, 5.41) is 15.2. The summed E-state index contributed by atoms with van der Waals surface area (Å²) in [7, 11) is 0. The largest absolute Gasteiger partial charge is 0.468 e. The van der Waals surface area contributed by atoms with Gasteiger partial charge in [-0.25, -0.2) is 0 Å². The Hall–Kier alpha value is -2.48. The summed E-state index contributed by atoms with van der Waals surface area (Å²) in [6.07, 6.45) is 4.92. The van der Waals surface area contributed by atoms with Gasteiger partial charge in [-0.15, -0.1) is 10.2 Å². The van der Waals surface area contributed by atoms with Crippen LogP contribution in [0.15, 0.2) is 10.7 Å². The van der Waals surface area contributed by atoms with Gasteiger partial charge in [-0.1, -0.05) is 13.8 Å². The first-order chi connectivity index (χ1) is 13.5. The standard InChI is InChI=1S/C20H27N5O3/c1-12(2)10-14(19-24-23-17-6-7-21-8-9-25(17)19)22-20(27)13-11-28-16-5-3-4-15(26)18(13)16/h11-12,14,21H,3-10H2,1-2H3,(H,22,27)/t14-/m0/s1. The molecule has 0 saturated heterocycles. The minimum atomic E-state index is -0.282. The number of furan rings is 1. The monoisotopic (exact) mass is 385 g/mol. The van der Waals surface area contributed by atoms with Crippen LogP contribution >= 0.6 is 0 Å². The van der Waals surface area contributed by atoms with Gasteiger partial charge in [0.25, 0.3) is 5.91 Å². The molecule has 28 heavy (non-hydrogen) atoms. The molecule has 4 rings (SSSR count). The van der Waals surface area contributed by atoms with Crippen LogP contribution in [0.4, 0.5) is 0 Å². The predicted molar refractivity (Wildman–Crippen MR) is 102 cm³/mol. The highest BCUT2D eigenvalue weighted by Gasteiger charge is 2.30. The first-order valence-electron chi connectivity index (χ1n) is 10.1. The number of aryl methyl sites for hydroxylation is 1. The average Bonchev–Trinajstić information content (AvgIpc) is 3.19. The number of nitrogens with zero attached hydrogens (tertiary/aromatic N) is 3. The van der Waals surface area contributed by atoms with E-state index in [0.29, 0.717) is 35.6 Å². The summed E-state index contributed by atoms with van der Waals surface area (Å²) < 4.78 is 7.63. The topological polar surface area (TPSA) is 102 Å². The van der Waals surface area contributed by atoms with Crippen LogP contribution < -0.4 is 10.6 Å². The molecule has 0 fully saturated rings. The van der Waals surface area contributed by atoms with Crippen LogP contribution in [0.25, 0.3) is 0 Å². The van der Waals surface area contributed by atoms with Crippen molar-refractivity contribution in [1.29, 1.82) is 0 Å². The van der Waals surface area contributed by atoms with Gasteiger partial charge in [0.1, 0.15) is 17.8 Å². The number of ketones is 1. The van der Waals surface area contributed by atoms with Crippen LogP contribution in [0.5, 0.6) is 0 Å². The first-order valence-corrected chi connectivity index (χ1v) is 10.1. The van der Waals surface area contributed by atoms with E-state index >= 15 is 0 Å². The highest BCUT2D eigenvalue weighted by molar-refractivity contribution is 6.09. The number of fused-ring (bicyclic) bond motifs is 2. The number of carbonyl (C=O) groups excluding carboxylic acids is 2. The molecular weight excluding hydrogens is 358 g/mol. The van der Waals surface area contributed by atoms with E-state index in [1.165, 1.54) is 6.26 Å². The number of rotatable bonds is 5. The molecule has 150 valence electrons. The number of aromatic nitrogens is 3. The Bertz CT molecular complexity index is 883. The zero-order valence-corrected chi connectivity index (χ0v) is 16.5. The Morgan fingerprint density at radius 3 is 2.96 bits per heavy atom. The van der Waals surface area contributed by atoms with Crippen LogP contribution in [0.1, 0.15) is 77.3 Å². The van der Waals surface area contributed by atoms with Gasteiger partial charge in [0.05, 0.1) is 17.2 Å². The van der Waals surface area contributed by atoms with Gasteiger partial charge in [-0.3, -0.25) is 9.59 Å². The van der Waals surface area contributed by atoms with Gasteiger partial charge in [-0.2, -0.15) is 0 Å². The fourth-order valence-corrected chi connectivity index (χ4v) is 4.08. The number of carbonyl (C=O) groups is 2. The van der Waals surface area contributed by atoms with Crippen molar-refractivity contribution in [2.24, 2.45) is 5.92 Å². The average molecular weight is 385 g/mol. The van der Waals surface area contributed by atoms with Gasteiger partial charge in [0.2, 0.25) is 0 Å². The second-order valence-electron chi connectivity index (χ2n) is 8.01. The maximum Gasteiger partial charge on any atom is 0.255 e. The molecule has 0 radical (unpaired) electrons. The van der Waals surface area contributed by atoms with E-state index in [2.05, 4.69) is 39.2 Å². The summed E-state index contributed by atoms with van der Waals surface area (Å²) in [6.45, 7) is 6.74. The molecule has 8 heteroatoms. The van der Waals surface area contributed by atoms with Crippen molar-refractivity contribution >= 4 is 11.7 Å². The number of Topliss-reactive ketones (excluding diaryl/α,β-unsaturated/α-hetero) is 1. The maximum atomic E-state index is 13.1. The molecule has 8 nitrogen and oxygen atoms in total. The molecule has 2 aromatic heterocycles. The lowest BCUT2D eigenvalue weighted by atomic mass is 9.93. The fourth-order valence-electron chi connectivity index (χ4n) is 4.08. The number of amides is 1. The molecule has 0 aromatic carbocycles. The van der Waals surface area contributed by atoms with Gasteiger partial charge in [0.15, 0.2) is 11.6 Å². The first kappa shape index (κ1) is 18.9. The molecule has 1 amide bonds. The second kappa shape index (κ2) is 7.87. The van der Waals surface area contributed by atoms with E-state index in [9.17, 15) is 9.59 Å². The van der Waals surface area contributed by atoms with Gasteiger partial charge in [0, 0.05) is 38.9 Å². The molecular formula is C20H27N5O3. The van der Waals surface area contributed by atoms with Crippen molar-refractivity contribution in [1.82, 2.24) is 25.4 Å². The lowest BCUT2D eigenvalue weighted by Crippen LogP contribution is -2.33. The van der Waals surface area contributed by atoms with Crippen molar-refractivity contribution in [3.05, 3.63) is 34.8 Å². The zero-order valence-electron chi connectivity index (χ0n) is 16.5. The minimum Gasteiger partial charge on any atom is -0.468 e. The minimum absolute atomic E-state index is 0.0111. The molecule has 0 unspecified atom stereocenters. The second-order valence-corrected chi connectivity index (χ2v) is 8.01. The van der Waals surface area contributed by atoms with E-state index < -0.39 is 0 Å². The van der Waals surface area contributed by atoms with Crippen molar-refractivity contribution in [2.75, 3.05) is 13.1 Å². The number of hydrogen-bond acceptors (Lipinski definition) is 6. The molecule has 0 bridgehead atoms. The summed E-state index contributed by atoms with van der Waals surface area (Å²) in [5.74, 6) is 2.42. The molecule has 1 atom stereocenters. The molecule has 2 aromatic rings. The van der Waals surface area contributed by atoms with E-state index in [0.717, 1.165) is 50.5 Å². The smallest absolute Gasteiger partial charge is 0.255 e. The predicted octanol–water partition coefficient (Wildman–Crippen LogP) is 2.05. The zero-order chi connectivity index (χ0) is 19.7. The molecule has 1 aliphatic heterocycles. The van der Waals surface area contributed by atoms with E-state index in [4.69, 9.17) is 4.42 Å². The van der Waals surface area contributed by atoms with E-state index in [1.807, 2.05) is 0 Å². The summed E-state index contributed by atoms with van der Waals surface area (Å²) in [5.41, 5.74) is 0.794. The Kier molecular flexibility index (Phi) is 5.30. The van der Waals surface area contributed by atoms with Gasteiger partial charge >= 0.3 is 0 Å². The van der Waals surface area contributed by atoms with Gasteiger partial charge in [-0.05, 0) is 18.8 Å². The third-order valence-corrected chi connectivity index (χ3v) is 5.42. The third-order valence-electron chi connectivity index (χ3n) is 5.42. The molecule has 2 N–H and O–H groups in total. The number of hydrogen-bond donors (Lipinski definition) is 2. The molecule has 3 heterocycles. The van der Waals surface area contributed by atoms with E-state index in [1.54, 1.807) is 0 Å². The van der Waals surface area contributed by atoms with Crippen molar-refractivity contribution in [3.8, 4) is 0 Å². The van der Waals surface area contributed by atoms with Crippen molar-refractivity contribution in [3.63, 3.8) is 0 Å². The number of nitrogens with one attached hydrogen (secondary N) is 2. The highest BCUT2D eigenvalue weighted by Crippen LogP contribution is 2.28. The van der Waals surface area contributed by atoms with Crippen LogP contribution in [0.3, 0.4) is 0 Å². The van der Waals surface area contributed by atoms with Crippen LogP contribution in [0, 0.1) is 5.92 Å². The molecule has 1 aliphatic carbocycles. The highest BCUT2D eigenvalue weighted by atomic mass is 16.3. The quantitative estimate of drug-likeness (QED) is 0.817. The maximum absolute atomic E-state index is 13.1.